The molecule has 0 aromatic heterocycles. The number of carbonyl (C=O) groups excluding carboxylic acids is 2. The Kier molecular flexibility index (Phi) is 7.83. The molecule has 2 rings (SSSR count). The van der Waals surface area contributed by atoms with Crippen LogP contribution in [0.1, 0.15) is 19.4 Å². The largest absolute Gasteiger partial charge is 0.347 e. The van der Waals surface area contributed by atoms with Gasteiger partial charge in [-0.25, -0.2) is 0 Å². The average molecular weight is 353 g/mol. The van der Waals surface area contributed by atoms with E-state index in [1.165, 1.54) is 4.90 Å². The van der Waals surface area contributed by atoms with Gasteiger partial charge in [-0.15, -0.1) is 0 Å². The molecule has 0 heterocycles. The standard InChI is InChI=1S/C21H27N3O2/c1-3-23(4-2)16-15-22-20(25)21(26)24(19-13-9-6-10-14-19)17-18-11-7-5-8-12-18/h5-14H,3-4,15-17H2,1-2H3,(H,22,25). The SMILES string of the molecule is CCN(CC)CCNC(=O)C(=O)N(Cc1ccccc1)c1ccccc1. The second-order valence-corrected chi connectivity index (χ2v) is 6.00. The van der Waals surface area contributed by atoms with Gasteiger partial charge in [-0.1, -0.05) is 62.4 Å². The number of likely N-dealkylation sites (N-methyl/N-ethyl adjacent to an activating group) is 1. The third-order valence-electron chi connectivity index (χ3n) is 4.30. The Bertz CT molecular complexity index is 685. The highest BCUT2D eigenvalue weighted by atomic mass is 16.2. The summed E-state index contributed by atoms with van der Waals surface area (Å²) in [4.78, 5) is 28.9. The van der Waals surface area contributed by atoms with Crippen molar-refractivity contribution in [3.8, 4) is 0 Å². The molecule has 5 heteroatoms. The third kappa shape index (κ3) is 5.70. The minimum absolute atomic E-state index is 0.354. The predicted molar refractivity (Wildman–Crippen MR) is 105 cm³/mol. The second kappa shape index (κ2) is 10.4. The topological polar surface area (TPSA) is 52.7 Å². The minimum atomic E-state index is -0.572. The van der Waals surface area contributed by atoms with E-state index in [1.807, 2.05) is 60.7 Å². The number of anilines is 1. The molecule has 0 radical (unpaired) electrons. The molecule has 26 heavy (non-hydrogen) atoms. The van der Waals surface area contributed by atoms with Crippen molar-refractivity contribution in [2.24, 2.45) is 0 Å². The number of carbonyl (C=O) groups is 2. The van der Waals surface area contributed by atoms with E-state index >= 15 is 0 Å². The van der Waals surface area contributed by atoms with Crippen LogP contribution in [0.25, 0.3) is 0 Å². The number of rotatable bonds is 8. The molecule has 2 aromatic rings. The summed E-state index contributed by atoms with van der Waals surface area (Å²) < 4.78 is 0. The van der Waals surface area contributed by atoms with Crippen LogP contribution in [0, 0.1) is 0 Å². The minimum Gasteiger partial charge on any atom is -0.347 e. The maximum Gasteiger partial charge on any atom is 0.316 e. The van der Waals surface area contributed by atoms with Gasteiger partial charge in [0.2, 0.25) is 0 Å². The van der Waals surface area contributed by atoms with Crippen molar-refractivity contribution in [2.75, 3.05) is 31.1 Å². The van der Waals surface area contributed by atoms with E-state index < -0.39 is 11.8 Å². The third-order valence-corrected chi connectivity index (χ3v) is 4.30. The Balaban J connectivity index is 2.06. The van der Waals surface area contributed by atoms with Gasteiger partial charge in [0.1, 0.15) is 0 Å². The zero-order valence-electron chi connectivity index (χ0n) is 15.5. The normalized spacial score (nSPS) is 10.6. The van der Waals surface area contributed by atoms with Crippen molar-refractivity contribution in [2.45, 2.75) is 20.4 Å². The molecule has 0 spiro atoms. The van der Waals surface area contributed by atoms with E-state index in [0.717, 1.165) is 25.2 Å². The van der Waals surface area contributed by atoms with Crippen LogP contribution < -0.4 is 10.2 Å². The van der Waals surface area contributed by atoms with Crippen LogP contribution in [0.3, 0.4) is 0 Å². The highest BCUT2D eigenvalue weighted by molar-refractivity contribution is 6.40. The van der Waals surface area contributed by atoms with E-state index in [0.29, 0.717) is 18.8 Å². The Labute approximate surface area is 155 Å². The lowest BCUT2D eigenvalue weighted by atomic mass is 10.2. The van der Waals surface area contributed by atoms with E-state index in [2.05, 4.69) is 24.1 Å². The lowest BCUT2D eigenvalue weighted by Gasteiger charge is -2.23. The Morgan fingerprint density at radius 2 is 1.46 bits per heavy atom. The fourth-order valence-corrected chi connectivity index (χ4v) is 2.72. The molecule has 0 atom stereocenters. The molecule has 0 saturated heterocycles. The number of amides is 2. The summed E-state index contributed by atoms with van der Waals surface area (Å²) in [5, 5.41) is 2.75. The van der Waals surface area contributed by atoms with Crippen molar-refractivity contribution >= 4 is 17.5 Å². The van der Waals surface area contributed by atoms with Gasteiger partial charge in [-0.3, -0.25) is 14.5 Å². The molecule has 0 aliphatic rings. The first-order valence-corrected chi connectivity index (χ1v) is 9.06. The fourth-order valence-electron chi connectivity index (χ4n) is 2.72. The number of hydrogen-bond acceptors (Lipinski definition) is 3. The van der Waals surface area contributed by atoms with Crippen LogP contribution in [0.2, 0.25) is 0 Å². The summed E-state index contributed by atoms with van der Waals surface area (Å²) in [5.74, 6) is -1.11. The number of para-hydroxylation sites is 1. The number of hydrogen-bond donors (Lipinski definition) is 1. The quantitative estimate of drug-likeness (QED) is 0.743. The van der Waals surface area contributed by atoms with Gasteiger partial charge in [0.05, 0.1) is 6.54 Å². The van der Waals surface area contributed by atoms with Crippen LogP contribution in [0.4, 0.5) is 5.69 Å². The lowest BCUT2D eigenvalue weighted by molar-refractivity contribution is -0.137. The van der Waals surface area contributed by atoms with Crippen molar-refractivity contribution < 1.29 is 9.59 Å². The number of benzene rings is 2. The van der Waals surface area contributed by atoms with E-state index in [-0.39, 0.29) is 0 Å². The van der Waals surface area contributed by atoms with Crippen molar-refractivity contribution in [3.63, 3.8) is 0 Å². The first kappa shape index (κ1) is 19.7. The van der Waals surface area contributed by atoms with Crippen LogP contribution >= 0.6 is 0 Å². The molecule has 0 fully saturated rings. The highest BCUT2D eigenvalue weighted by Crippen LogP contribution is 2.17. The maximum atomic E-state index is 12.8. The molecule has 0 saturated carbocycles. The summed E-state index contributed by atoms with van der Waals surface area (Å²) in [6.45, 7) is 7.54. The van der Waals surface area contributed by atoms with E-state index in [9.17, 15) is 9.59 Å². The van der Waals surface area contributed by atoms with Crippen LogP contribution in [-0.2, 0) is 16.1 Å². The Hall–Kier alpha value is -2.66. The predicted octanol–water partition coefficient (Wildman–Crippen LogP) is 2.68. The van der Waals surface area contributed by atoms with Crippen molar-refractivity contribution in [1.82, 2.24) is 10.2 Å². The smallest absolute Gasteiger partial charge is 0.316 e. The van der Waals surface area contributed by atoms with Crippen molar-refractivity contribution in [1.29, 1.82) is 0 Å². The number of nitrogens with one attached hydrogen (secondary N) is 1. The summed E-state index contributed by atoms with van der Waals surface area (Å²) >= 11 is 0. The zero-order valence-corrected chi connectivity index (χ0v) is 15.5. The zero-order chi connectivity index (χ0) is 18.8. The molecule has 0 aliphatic carbocycles. The summed E-state index contributed by atoms with van der Waals surface area (Å²) in [5.41, 5.74) is 1.68. The van der Waals surface area contributed by atoms with E-state index in [4.69, 9.17) is 0 Å². The molecule has 2 aromatic carbocycles. The van der Waals surface area contributed by atoms with Gasteiger partial charge in [0.15, 0.2) is 0 Å². The molecule has 138 valence electrons. The van der Waals surface area contributed by atoms with Crippen LogP contribution in [0.5, 0.6) is 0 Å². The first-order chi connectivity index (χ1) is 12.7. The van der Waals surface area contributed by atoms with Gasteiger partial charge in [-0.05, 0) is 30.8 Å². The molecule has 5 nitrogen and oxygen atoms in total. The summed E-state index contributed by atoms with van der Waals surface area (Å²) in [7, 11) is 0. The summed E-state index contributed by atoms with van der Waals surface area (Å²) in [6, 6.07) is 19.0. The Morgan fingerprint density at radius 1 is 0.885 bits per heavy atom. The monoisotopic (exact) mass is 353 g/mol. The van der Waals surface area contributed by atoms with Gasteiger partial charge < -0.3 is 10.2 Å². The average Bonchev–Trinajstić information content (AvgIpc) is 2.70. The fraction of sp³-hybridized carbons (Fsp3) is 0.333. The lowest BCUT2D eigenvalue weighted by Crippen LogP contribution is -2.45. The van der Waals surface area contributed by atoms with Gasteiger partial charge >= 0.3 is 11.8 Å². The van der Waals surface area contributed by atoms with E-state index in [1.54, 1.807) is 0 Å². The molecule has 0 bridgehead atoms. The van der Waals surface area contributed by atoms with Gasteiger partial charge in [-0.2, -0.15) is 0 Å². The number of nitrogens with zero attached hydrogens (tertiary/aromatic N) is 2. The highest BCUT2D eigenvalue weighted by Gasteiger charge is 2.23. The maximum absolute atomic E-state index is 12.8. The molecule has 0 aliphatic heterocycles. The van der Waals surface area contributed by atoms with Crippen molar-refractivity contribution in [3.05, 3.63) is 66.2 Å². The Morgan fingerprint density at radius 3 is 2.04 bits per heavy atom. The molecule has 0 unspecified atom stereocenters. The second-order valence-electron chi connectivity index (χ2n) is 6.00. The first-order valence-electron chi connectivity index (χ1n) is 9.06. The van der Waals surface area contributed by atoms with Crippen LogP contribution in [-0.4, -0.2) is 42.9 Å². The molecular weight excluding hydrogens is 326 g/mol. The summed E-state index contributed by atoms with van der Waals surface area (Å²) in [6.07, 6.45) is 0. The molecular formula is C21H27N3O2. The van der Waals surface area contributed by atoms with Gasteiger partial charge in [0.25, 0.3) is 0 Å². The molecule has 2 amide bonds. The van der Waals surface area contributed by atoms with Gasteiger partial charge in [0, 0.05) is 18.8 Å². The molecule has 1 N–H and O–H groups in total. The van der Waals surface area contributed by atoms with Crippen LogP contribution in [0.15, 0.2) is 60.7 Å².